The van der Waals surface area contributed by atoms with Crippen LogP contribution in [-0.4, -0.2) is 91.0 Å². The molecule has 3 amide bonds. The van der Waals surface area contributed by atoms with Gasteiger partial charge in [0.25, 0.3) is 5.91 Å². The van der Waals surface area contributed by atoms with E-state index in [1.165, 1.54) is 16.2 Å². The average Bonchev–Trinajstić information content (AvgIpc) is 3.16. The fraction of sp³-hybridized carbons (Fsp3) is 0.684. The van der Waals surface area contributed by atoms with Crippen LogP contribution in [-0.2, 0) is 36.6 Å². The topological polar surface area (TPSA) is 158 Å². The number of thiazole rings is 1. The minimum atomic E-state index is -4.67. The Kier molecular flexibility index (Phi) is 8.92. The van der Waals surface area contributed by atoms with E-state index in [9.17, 15) is 22.8 Å². The second-order valence-electron chi connectivity index (χ2n) is 8.63. The van der Waals surface area contributed by atoms with E-state index in [2.05, 4.69) is 24.1 Å². The van der Waals surface area contributed by atoms with Crippen molar-refractivity contribution >= 4 is 51.5 Å². The SMILES string of the molecule is CN1CCc2nc(C(=O)N[C@@H]3C[C@@H](C(=O)N(C)C)CC[C@H]3NC(=O)CSOS(=O)(=O)O)sc2C1. The molecule has 0 radical (unpaired) electrons. The van der Waals surface area contributed by atoms with Crippen molar-refractivity contribution in [3.63, 3.8) is 0 Å². The standard InChI is InChI=1S/C19H29N5O7S3/c1-23(2)19(27)11-4-5-12(20-16(25)10-32-31-34(28,29)30)14(8-11)21-17(26)18-22-13-6-7-24(3)9-15(13)33-18/h11-12,14H,4-10H2,1-3H3,(H,20,25)(H,21,26)(H,28,29,30)/t11-,12+,14+/m0/s1. The minimum absolute atomic E-state index is 0.0473. The molecule has 15 heteroatoms. The zero-order valence-electron chi connectivity index (χ0n) is 19.1. The van der Waals surface area contributed by atoms with Crippen LogP contribution in [0.5, 0.6) is 0 Å². The zero-order chi connectivity index (χ0) is 25.0. The smallest absolute Gasteiger partial charge is 0.351 e. The number of amides is 3. The highest BCUT2D eigenvalue weighted by atomic mass is 32.3. The lowest BCUT2D eigenvalue weighted by molar-refractivity contribution is -0.134. The molecule has 0 bridgehead atoms. The summed E-state index contributed by atoms with van der Waals surface area (Å²) in [7, 11) is 0.695. The summed E-state index contributed by atoms with van der Waals surface area (Å²) in [5, 5.41) is 6.08. The van der Waals surface area contributed by atoms with Crippen molar-refractivity contribution < 1.29 is 31.0 Å². The molecule has 0 saturated heterocycles. The summed E-state index contributed by atoms with van der Waals surface area (Å²) in [6, 6.07) is -0.982. The molecule has 0 unspecified atom stereocenters. The summed E-state index contributed by atoms with van der Waals surface area (Å²) in [6.07, 6.45) is 2.10. The number of nitrogens with zero attached hydrogens (tertiary/aromatic N) is 3. The average molecular weight is 536 g/mol. The zero-order valence-corrected chi connectivity index (χ0v) is 21.6. The molecule has 3 atom stereocenters. The summed E-state index contributed by atoms with van der Waals surface area (Å²) < 4.78 is 34.0. The van der Waals surface area contributed by atoms with Crippen LogP contribution in [0.15, 0.2) is 0 Å². The molecule has 2 heterocycles. The van der Waals surface area contributed by atoms with Crippen molar-refractivity contribution in [3.8, 4) is 0 Å². The number of aromatic nitrogens is 1. The van der Waals surface area contributed by atoms with E-state index < -0.39 is 28.4 Å². The lowest BCUT2D eigenvalue weighted by Crippen LogP contribution is -2.56. The van der Waals surface area contributed by atoms with Crippen LogP contribution in [0.2, 0.25) is 0 Å². The van der Waals surface area contributed by atoms with Gasteiger partial charge in [-0.15, -0.1) is 11.3 Å². The Balaban J connectivity index is 1.68. The molecule has 34 heavy (non-hydrogen) atoms. The number of rotatable bonds is 8. The number of carbonyl (C=O) groups excluding carboxylic acids is 3. The molecule has 2 aliphatic rings. The van der Waals surface area contributed by atoms with Gasteiger partial charge >= 0.3 is 10.4 Å². The van der Waals surface area contributed by atoms with E-state index >= 15 is 0 Å². The Morgan fingerprint density at radius 1 is 1.26 bits per heavy atom. The van der Waals surface area contributed by atoms with Crippen molar-refractivity contribution in [3.05, 3.63) is 15.6 Å². The number of hydrogen-bond donors (Lipinski definition) is 3. The number of carbonyl (C=O) groups is 3. The molecule has 1 aliphatic heterocycles. The second-order valence-corrected chi connectivity index (χ2v) is 11.6. The number of fused-ring (bicyclic) bond motifs is 1. The van der Waals surface area contributed by atoms with Gasteiger partial charge in [0.2, 0.25) is 11.8 Å². The molecular formula is C19H29N5O7S3. The number of hydrogen-bond acceptors (Lipinski definition) is 10. The Morgan fingerprint density at radius 2 is 2.00 bits per heavy atom. The maximum absolute atomic E-state index is 13.0. The van der Waals surface area contributed by atoms with E-state index in [4.69, 9.17) is 4.55 Å². The molecule has 3 N–H and O–H groups in total. The molecular weight excluding hydrogens is 506 g/mol. The monoisotopic (exact) mass is 535 g/mol. The van der Waals surface area contributed by atoms with Crippen molar-refractivity contribution in [2.45, 2.75) is 44.3 Å². The second kappa shape index (κ2) is 11.3. The predicted octanol–water partition coefficient (Wildman–Crippen LogP) is 0.0701. The summed E-state index contributed by atoms with van der Waals surface area (Å²) in [4.78, 5) is 47.1. The number of likely N-dealkylation sites (N-methyl/N-ethyl adjacent to an activating group) is 1. The van der Waals surface area contributed by atoms with Gasteiger partial charge in [-0.05, 0) is 26.3 Å². The minimum Gasteiger partial charge on any atom is -0.351 e. The molecule has 3 rings (SSSR count). The van der Waals surface area contributed by atoms with Crippen molar-refractivity contribution in [2.75, 3.05) is 33.4 Å². The van der Waals surface area contributed by atoms with E-state index in [0.717, 1.165) is 30.1 Å². The van der Waals surface area contributed by atoms with Crippen LogP contribution >= 0.6 is 23.4 Å². The highest BCUT2D eigenvalue weighted by molar-refractivity contribution is 8.03. The molecule has 190 valence electrons. The largest absolute Gasteiger partial charge is 0.408 e. The normalized spacial score (nSPS) is 23.1. The van der Waals surface area contributed by atoms with Crippen LogP contribution in [0, 0.1) is 5.92 Å². The number of nitrogens with one attached hydrogen (secondary N) is 2. The molecule has 1 aliphatic carbocycles. The third-order valence-electron chi connectivity index (χ3n) is 5.74. The van der Waals surface area contributed by atoms with Gasteiger partial charge in [-0.3, -0.25) is 18.9 Å². The lowest BCUT2D eigenvalue weighted by atomic mass is 9.81. The van der Waals surface area contributed by atoms with Crippen molar-refractivity contribution in [1.29, 1.82) is 0 Å². The maximum Gasteiger partial charge on any atom is 0.408 e. The predicted molar refractivity (Wildman–Crippen MR) is 126 cm³/mol. The van der Waals surface area contributed by atoms with Crippen LogP contribution < -0.4 is 10.6 Å². The van der Waals surface area contributed by atoms with Gasteiger partial charge in [-0.2, -0.15) is 12.0 Å². The first-order valence-corrected chi connectivity index (χ1v) is 13.8. The van der Waals surface area contributed by atoms with Gasteiger partial charge in [0.15, 0.2) is 5.01 Å². The van der Waals surface area contributed by atoms with Gasteiger partial charge in [-0.1, -0.05) is 0 Å². The van der Waals surface area contributed by atoms with Crippen molar-refractivity contribution in [1.82, 2.24) is 25.4 Å². The Hall–Kier alpha value is -1.78. The van der Waals surface area contributed by atoms with Gasteiger partial charge in [-0.25, -0.2) is 4.98 Å². The fourth-order valence-electron chi connectivity index (χ4n) is 4.13. The van der Waals surface area contributed by atoms with E-state index in [1.54, 1.807) is 14.1 Å². The molecule has 1 saturated carbocycles. The Morgan fingerprint density at radius 3 is 2.68 bits per heavy atom. The first-order chi connectivity index (χ1) is 15.9. The summed E-state index contributed by atoms with van der Waals surface area (Å²) in [5.74, 6) is -1.60. The van der Waals surface area contributed by atoms with Gasteiger partial charge < -0.3 is 20.4 Å². The molecule has 0 aromatic carbocycles. The Bertz CT molecular complexity index is 1030. The van der Waals surface area contributed by atoms with E-state index in [-0.39, 0.29) is 35.5 Å². The maximum atomic E-state index is 13.0. The molecule has 12 nitrogen and oxygen atoms in total. The third kappa shape index (κ3) is 7.36. The highest BCUT2D eigenvalue weighted by Gasteiger charge is 2.37. The summed E-state index contributed by atoms with van der Waals surface area (Å²) in [6.45, 7) is 1.62. The molecule has 1 aromatic heterocycles. The quantitative estimate of drug-likeness (QED) is 0.307. The van der Waals surface area contributed by atoms with E-state index in [1.807, 2.05) is 7.05 Å². The molecule has 0 spiro atoms. The summed E-state index contributed by atoms with van der Waals surface area (Å²) in [5.41, 5.74) is 0.929. The van der Waals surface area contributed by atoms with Crippen LogP contribution in [0.4, 0.5) is 0 Å². The molecule has 1 fully saturated rings. The van der Waals surface area contributed by atoms with Crippen LogP contribution in [0.25, 0.3) is 0 Å². The third-order valence-corrected chi connectivity index (χ3v) is 8.28. The van der Waals surface area contributed by atoms with Crippen LogP contribution in [0.3, 0.4) is 0 Å². The Labute approximate surface area is 207 Å². The van der Waals surface area contributed by atoms with Crippen molar-refractivity contribution in [2.24, 2.45) is 5.92 Å². The first kappa shape index (κ1) is 26.8. The van der Waals surface area contributed by atoms with Gasteiger partial charge in [0.1, 0.15) is 5.75 Å². The van der Waals surface area contributed by atoms with Gasteiger partial charge in [0, 0.05) is 62.5 Å². The van der Waals surface area contributed by atoms with E-state index in [0.29, 0.717) is 24.3 Å². The lowest BCUT2D eigenvalue weighted by Gasteiger charge is -2.37. The molecule has 1 aromatic rings. The first-order valence-electron chi connectivity index (χ1n) is 10.7. The van der Waals surface area contributed by atoms with Gasteiger partial charge in [0.05, 0.1) is 11.7 Å². The highest BCUT2D eigenvalue weighted by Crippen LogP contribution is 2.28. The fourth-order valence-corrected chi connectivity index (χ4v) is 6.09. The summed E-state index contributed by atoms with van der Waals surface area (Å²) >= 11 is 1.63. The van der Waals surface area contributed by atoms with Crippen LogP contribution in [0.1, 0.15) is 39.6 Å².